The number of aliphatic hydroxyl groups excluding tert-OH is 1. The highest BCUT2D eigenvalue weighted by Gasteiger charge is 2.09. The van der Waals surface area contributed by atoms with Crippen molar-refractivity contribution >= 4 is 27.1 Å². The van der Waals surface area contributed by atoms with Gasteiger partial charge in [-0.3, -0.25) is 4.79 Å². The predicted molar refractivity (Wildman–Crippen MR) is 73.4 cm³/mol. The average Bonchev–Trinajstić information content (AvgIpc) is 2.32. The van der Waals surface area contributed by atoms with Gasteiger partial charge in [-0.25, -0.2) is 13.1 Å². The van der Waals surface area contributed by atoms with Crippen molar-refractivity contribution in [3.8, 4) is 0 Å². The van der Waals surface area contributed by atoms with Crippen LogP contribution >= 0.6 is 11.6 Å². The maximum absolute atomic E-state index is 11.7. The quantitative estimate of drug-likeness (QED) is 0.673. The van der Waals surface area contributed by atoms with Gasteiger partial charge in [0.2, 0.25) is 0 Å². The van der Waals surface area contributed by atoms with Gasteiger partial charge in [0.1, 0.15) is 14.9 Å². The minimum absolute atomic E-state index is 0.0252. The van der Waals surface area contributed by atoms with Crippen LogP contribution in [0, 0.1) is 0 Å². The number of sulfone groups is 1. The summed E-state index contributed by atoms with van der Waals surface area (Å²) in [5.41, 5.74) is -0.141. The third kappa shape index (κ3) is 5.17. The van der Waals surface area contributed by atoms with Crippen LogP contribution in [0.1, 0.15) is 6.42 Å². The molecule has 0 aliphatic heterocycles. The molecular weight excluding hydrogens is 294 g/mol. The van der Waals surface area contributed by atoms with Gasteiger partial charge in [0, 0.05) is 12.8 Å². The van der Waals surface area contributed by atoms with Gasteiger partial charge in [0.25, 0.3) is 5.56 Å². The van der Waals surface area contributed by atoms with Crippen molar-refractivity contribution < 1.29 is 13.5 Å². The fourth-order valence-electron chi connectivity index (χ4n) is 1.40. The van der Waals surface area contributed by atoms with E-state index in [4.69, 9.17) is 16.7 Å². The molecule has 1 rings (SSSR count). The molecule has 7 nitrogen and oxygen atoms in total. The number of aromatic nitrogens is 2. The molecule has 0 radical (unpaired) electrons. The Morgan fingerprint density at radius 2 is 2.21 bits per heavy atom. The second-order valence-corrected chi connectivity index (χ2v) is 6.67. The first-order valence-corrected chi connectivity index (χ1v) is 8.07. The van der Waals surface area contributed by atoms with Crippen LogP contribution in [0.4, 0.5) is 5.69 Å². The van der Waals surface area contributed by atoms with E-state index in [1.165, 1.54) is 6.20 Å². The maximum Gasteiger partial charge on any atom is 0.287 e. The lowest BCUT2D eigenvalue weighted by molar-refractivity contribution is 0.266. The zero-order valence-electron chi connectivity index (χ0n) is 10.5. The maximum atomic E-state index is 11.7. The number of aliphatic hydroxyl groups is 1. The van der Waals surface area contributed by atoms with Gasteiger partial charge in [-0.05, 0) is 6.42 Å². The Labute approximate surface area is 116 Å². The molecule has 108 valence electrons. The second-order valence-electron chi connectivity index (χ2n) is 4.03. The van der Waals surface area contributed by atoms with Gasteiger partial charge in [0.15, 0.2) is 0 Å². The highest BCUT2D eigenvalue weighted by molar-refractivity contribution is 7.90. The number of hydrogen-bond acceptors (Lipinski definition) is 6. The lowest BCUT2D eigenvalue weighted by Gasteiger charge is -2.09. The highest BCUT2D eigenvalue weighted by Crippen LogP contribution is 2.14. The first kappa shape index (κ1) is 15.9. The molecule has 2 N–H and O–H groups in total. The van der Waals surface area contributed by atoms with E-state index in [1.54, 1.807) is 0 Å². The van der Waals surface area contributed by atoms with Crippen molar-refractivity contribution in [3.05, 3.63) is 21.6 Å². The van der Waals surface area contributed by atoms with Crippen LogP contribution in [-0.2, 0) is 16.4 Å². The van der Waals surface area contributed by atoms with Crippen LogP contribution in [0.2, 0.25) is 5.02 Å². The van der Waals surface area contributed by atoms with Crippen molar-refractivity contribution in [1.82, 2.24) is 9.78 Å². The minimum atomic E-state index is -2.99. The van der Waals surface area contributed by atoms with Crippen LogP contribution in [-0.4, -0.2) is 48.5 Å². The van der Waals surface area contributed by atoms with E-state index in [-0.39, 0.29) is 23.9 Å². The van der Waals surface area contributed by atoms with Gasteiger partial charge in [-0.1, -0.05) is 11.6 Å². The van der Waals surface area contributed by atoms with Gasteiger partial charge in [-0.2, -0.15) is 5.10 Å². The van der Waals surface area contributed by atoms with Gasteiger partial charge in [-0.15, -0.1) is 0 Å². The molecule has 0 aliphatic carbocycles. The van der Waals surface area contributed by atoms with E-state index >= 15 is 0 Å². The third-order valence-electron chi connectivity index (χ3n) is 2.30. The Bertz CT molecular complexity index is 585. The Morgan fingerprint density at radius 1 is 1.53 bits per heavy atom. The summed E-state index contributed by atoms with van der Waals surface area (Å²) >= 11 is 5.87. The molecular formula is C10H16ClN3O4S. The molecule has 0 fully saturated rings. The van der Waals surface area contributed by atoms with E-state index in [1.807, 2.05) is 0 Å². The number of anilines is 1. The molecule has 0 saturated carbocycles. The van der Waals surface area contributed by atoms with E-state index in [9.17, 15) is 13.2 Å². The summed E-state index contributed by atoms with van der Waals surface area (Å²) < 4.78 is 22.9. The molecule has 0 saturated heterocycles. The van der Waals surface area contributed by atoms with Crippen LogP contribution < -0.4 is 10.9 Å². The first-order chi connectivity index (χ1) is 8.85. The van der Waals surface area contributed by atoms with Crippen LogP contribution in [0.25, 0.3) is 0 Å². The summed E-state index contributed by atoms with van der Waals surface area (Å²) in [6.07, 6.45) is 2.95. The number of rotatable bonds is 7. The van der Waals surface area contributed by atoms with Crippen molar-refractivity contribution in [3.63, 3.8) is 0 Å². The summed E-state index contributed by atoms with van der Waals surface area (Å²) in [5.74, 6) is 0.0621. The van der Waals surface area contributed by atoms with Gasteiger partial charge < -0.3 is 10.4 Å². The molecule has 19 heavy (non-hydrogen) atoms. The van der Waals surface area contributed by atoms with E-state index in [0.29, 0.717) is 18.7 Å². The molecule has 0 aliphatic rings. The lowest BCUT2D eigenvalue weighted by Crippen LogP contribution is -2.25. The van der Waals surface area contributed by atoms with Crippen molar-refractivity contribution in [2.75, 3.05) is 30.5 Å². The largest absolute Gasteiger partial charge is 0.394 e. The number of halogens is 1. The van der Waals surface area contributed by atoms with Crippen LogP contribution in [0.3, 0.4) is 0 Å². The predicted octanol–water partition coefficient (Wildman–Crippen LogP) is -0.264. The van der Waals surface area contributed by atoms with Gasteiger partial charge in [0.05, 0.1) is 30.8 Å². The molecule has 1 aromatic heterocycles. The number of nitrogens with zero attached hydrogens (tertiary/aromatic N) is 2. The second kappa shape index (κ2) is 6.88. The third-order valence-corrected chi connectivity index (χ3v) is 3.70. The van der Waals surface area contributed by atoms with Gasteiger partial charge >= 0.3 is 0 Å². The topological polar surface area (TPSA) is 101 Å². The summed E-state index contributed by atoms with van der Waals surface area (Å²) in [5, 5.41) is 15.4. The number of hydrogen-bond donors (Lipinski definition) is 2. The molecule has 0 spiro atoms. The number of nitrogens with one attached hydrogen (secondary N) is 1. The molecule has 0 unspecified atom stereocenters. The van der Waals surface area contributed by atoms with E-state index in [0.717, 1.165) is 10.9 Å². The SMILES string of the molecule is CS(=O)(=O)CCCNc1cnn(CCO)c(=O)c1Cl. The summed E-state index contributed by atoms with van der Waals surface area (Å²) in [6.45, 7) is 0.245. The summed E-state index contributed by atoms with van der Waals surface area (Å²) in [6, 6.07) is 0. The zero-order chi connectivity index (χ0) is 14.5. The standard InChI is InChI=1S/C10H16ClN3O4S/c1-19(17,18)6-2-3-12-8-7-13-14(4-5-15)10(16)9(8)11/h7,12,15H,2-6H2,1H3. The highest BCUT2D eigenvalue weighted by atomic mass is 35.5. The average molecular weight is 310 g/mol. The Kier molecular flexibility index (Phi) is 5.77. The molecule has 0 aromatic carbocycles. The van der Waals surface area contributed by atoms with Crippen LogP contribution in [0.15, 0.2) is 11.0 Å². The van der Waals surface area contributed by atoms with E-state index in [2.05, 4.69) is 10.4 Å². The summed E-state index contributed by atoms with van der Waals surface area (Å²) in [4.78, 5) is 11.7. The normalized spacial score (nSPS) is 11.5. The molecule has 1 heterocycles. The Balaban J connectivity index is 2.65. The molecule has 1 aromatic rings. The Morgan fingerprint density at radius 3 is 2.79 bits per heavy atom. The molecule has 9 heteroatoms. The Hall–Kier alpha value is -1.12. The minimum Gasteiger partial charge on any atom is -0.394 e. The molecule has 0 amide bonds. The lowest BCUT2D eigenvalue weighted by atomic mass is 10.4. The van der Waals surface area contributed by atoms with Crippen molar-refractivity contribution in [1.29, 1.82) is 0 Å². The zero-order valence-corrected chi connectivity index (χ0v) is 12.0. The fraction of sp³-hybridized carbons (Fsp3) is 0.600. The summed E-state index contributed by atoms with van der Waals surface area (Å²) in [7, 11) is -2.99. The monoisotopic (exact) mass is 309 g/mol. The van der Waals surface area contributed by atoms with Crippen LogP contribution in [0.5, 0.6) is 0 Å². The van der Waals surface area contributed by atoms with E-state index < -0.39 is 15.4 Å². The fourth-order valence-corrected chi connectivity index (χ4v) is 2.28. The first-order valence-electron chi connectivity index (χ1n) is 5.63. The molecule has 0 bridgehead atoms. The smallest absolute Gasteiger partial charge is 0.287 e. The van der Waals surface area contributed by atoms with Crippen molar-refractivity contribution in [2.24, 2.45) is 0 Å². The molecule has 0 atom stereocenters. The van der Waals surface area contributed by atoms with Crippen molar-refractivity contribution in [2.45, 2.75) is 13.0 Å².